The molecule has 0 fully saturated rings. The fourth-order valence-corrected chi connectivity index (χ4v) is 2.00. The van der Waals surface area contributed by atoms with Crippen molar-refractivity contribution in [1.29, 1.82) is 5.41 Å². The monoisotopic (exact) mass is 324 g/mol. The summed E-state index contributed by atoms with van der Waals surface area (Å²) in [5.41, 5.74) is 6.01. The number of halogens is 2. The van der Waals surface area contributed by atoms with Gasteiger partial charge in [-0.3, -0.25) is 5.41 Å². The van der Waals surface area contributed by atoms with Crippen molar-refractivity contribution < 1.29 is 4.74 Å². The molecular formula is C13H10BrClN2O. The van der Waals surface area contributed by atoms with Crippen LogP contribution >= 0.6 is 27.5 Å². The average molecular weight is 326 g/mol. The van der Waals surface area contributed by atoms with E-state index in [1.54, 1.807) is 18.2 Å². The third-order valence-electron chi connectivity index (χ3n) is 2.26. The molecule has 0 aliphatic carbocycles. The van der Waals surface area contributed by atoms with Gasteiger partial charge in [0.1, 0.15) is 17.3 Å². The van der Waals surface area contributed by atoms with Crippen molar-refractivity contribution in [1.82, 2.24) is 0 Å². The molecule has 2 aromatic rings. The molecule has 0 saturated heterocycles. The minimum absolute atomic E-state index is 0.0586. The molecule has 18 heavy (non-hydrogen) atoms. The molecule has 5 heteroatoms. The van der Waals surface area contributed by atoms with Crippen molar-refractivity contribution in [2.75, 3.05) is 0 Å². The van der Waals surface area contributed by atoms with Crippen LogP contribution < -0.4 is 10.5 Å². The highest BCUT2D eigenvalue weighted by Gasteiger charge is 2.08. The van der Waals surface area contributed by atoms with E-state index in [1.165, 1.54) is 0 Å². The topological polar surface area (TPSA) is 59.1 Å². The smallest absolute Gasteiger partial charge is 0.139 e. The van der Waals surface area contributed by atoms with Gasteiger partial charge in [-0.25, -0.2) is 0 Å². The van der Waals surface area contributed by atoms with Crippen LogP contribution in [0.1, 0.15) is 5.56 Å². The molecule has 0 unspecified atom stereocenters. The molecular weight excluding hydrogens is 316 g/mol. The molecule has 0 aromatic heterocycles. The summed E-state index contributed by atoms with van der Waals surface area (Å²) in [6.45, 7) is 0. The van der Waals surface area contributed by atoms with Crippen LogP contribution in [0.2, 0.25) is 5.02 Å². The van der Waals surface area contributed by atoms with Gasteiger partial charge in [0.25, 0.3) is 0 Å². The molecule has 3 nitrogen and oxygen atoms in total. The van der Waals surface area contributed by atoms with Gasteiger partial charge >= 0.3 is 0 Å². The van der Waals surface area contributed by atoms with E-state index in [4.69, 9.17) is 27.5 Å². The van der Waals surface area contributed by atoms with Crippen molar-refractivity contribution in [3.63, 3.8) is 0 Å². The van der Waals surface area contributed by atoms with E-state index in [-0.39, 0.29) is 5.84 Å². The van der Waals surface area contributed by atoms with Crippen molar-refractivity contribution in [3.05, 3.63) is 57.5 Å². The summed E-state index contributed by atoms with van der Waals surface area (Å²) in [6.07, 6.45) is 0. The maximum absolute atomic E-state index is 7.50. The summed E-state index contributed by atoms with van der Waals surface area (Å²) < 4.78 is 6.61. The molecule has 0 aliphatic heterocycles. The first-order valence-corrected chi connectivity index (χ1v) is 6.31. The Balaban J connectivity index is 2.39. The number of ether oxygens (including phenoxy) is 1. The van der Waals surface area contributed by atoms with Crippen LogP contribution in [0.3, 0.4) is 0 Å². The minimum atomic E-state index is -0.0586. The van der Waals surface area contributed by atoms with Gasteiger partial charge in [0.05, 0.1) is 5.56 Å². The van der Waals surface area contributed by atoms with Crippen LogP contribution in [0, 0.1) is 5.41 Å². The number of nitrogens with one attached hydrogen (secondary N) is 1. The Bertz CT molecular complexity index is 601. The van der Waals surface area contributed by atoms with Crippen LogP contribution in [0.15, 0.2) is 46.9 Å². The SMILES string of the molecule is N=C(N)c1ccc(Cl)cc1Oc1cccc(Br)c1. The quantitative estimate of drug-likeness (QED) is 0.657. The molecule has 0 heterocycles. The second kappa shape index (κ2) is 5.42. The maximum atomic E-state index is 7.50. The lowest BCUT2D eigenvalue weighted by molar-refractivity contribution is 0.481. The Kier molecular flexibility index (Phi) is 3.89. The van der Waals surface area contributed by atoms with Gasteiger partial charge in [-0.15, -0.1) is 0 Å². The number of hydrogen-bond acceptors (Lipinski definition) is 2. The summed E-state index contributed by atoms with van der Waals surface area (Å²) >= 11 is 9.28. The normalized spacial score (nSPS) is 10.1. The summed E-state index contributed by atoms with van der Waals surface area (Å²) in [4.78, 5) is 0. The molecule has 0 bridgehead atoms. The average Bonchev–Trinajstić information content (AvgIpc) is 2.28. The van der Waals surface area contributed by atoms with Crippen LogP contribution in [-0.4, -0.2) is 5.84 Å². The van der Waals surface area contributed by atoms with Gasteiger partial charge in [-0.2, -0.15) is 0 Å². The first-order chi connectivity index (χ1) is 8.56. The first-order valence-electron chi connectivity index (χ1n) is 5.13. The molecule has 0 spiro atoms. The van der Waals surface area contributed by atoms with Gasteiger partial charge in [0.2, 0.25) is 0 Å². The van der Waals surface area contributed by atoms with E-state index in [1.807, 2.05) is 24.3 Å². The van der Waals surface area contributed by atoms with Gasteiger partial charge in [-0.05, 0) is 30.3 Å². The van der Waals surface area contributed by atoms with E-state index in [0.717, 1.165) is 4.47 Å². The summed E-state index contributed by atoms with van der Waals surface area (Å²) in [7, 11) is 0. The fraction of sp³-hybridized carbons (Fsp3) is 0. The minimum Gasteiger partial charge on any atom is -0.457 e. The third kappa shape index (κ3) is 3.03. The predicted octanol–water partition coefficient (Wildman–Crippen LogP) is 4.18. The Morgan fingerprint density at radius 3 is 2.67 bits per heavy atom. The van der Waals surface area contributed by atoms with E-state index in [9.17, 15) is 0 Å². The van der Waals surface area contributed by atoms with Crippen molar-refractivity contribution in [2.24, 2.45) is 5.73 Å². The zero-order valence-electron chi connectivity index (χ0n) is 9.28. The summed E-state index contributed by atoms with van der Waals surface area (Å²) in [5.74, 6) is 1.05. The van der Waals surface area contributed by atoms with Crippen LogP contribution in [-0.2, 0) is 0 Å². The fourth-order valence-electron chi connectivity index (χ4n) is 1.46. The molecule has 2 rings (SSSR count). The Labute approximate surface area is 118 Å². The zero-order valence-corrected chi connectivity index (χ0v) is 11.6. The maximum Gasteiger partial charge on any atom is 0.139 e. The molecule has 0 atom stereocenters. The van der Waals surface area contributed by atoms with Gasteiger partial charge in [-0.1, -0.05) is 33.6 Å². The molecule has 0 aliphatic rings. The van der Waals surface area contributed by atoms with E-state index in [2.05, 4.69) is 15.9 Å². The number of amidine groups is 1. The van der Waals surface area contributed by atoms with Crippen molar-refractivity contribution in [3.8, 4) is 11.5 Å². The number of nitrogens with two attached hydrogens (primary N) is 1. The predicted molar refractivity (Wildman–Crippen MR) is 76.7 cm³/mol. The van der Waals surface area contributed by atoms with E-state index < -0.39 is 0 Å². The second-order valence-corrected chi connectivity index (χ2v) is 4.97. The number of rotatable bonds is 3. The Morgan fingerprint density at radius 1 is 1.22 bits per heavy atom. The van der Waals surface area contributed by atoms with Gasteiger partial charge in [0.15, 0.2) is 0 Å². The van der Waals surface area contributed by atoms with Gasteiger partial charge in [0, 0.05) is 15.6 Å². The number of benzene rings is 2. The van der Waals surface area contributed by atoms with E-state index in [0.29, 0.717) is 22.1 Å². The van der Waals surface area contributed by atoms with Crippen LogP contribution in [0.4, 0.5) is 0 Å². The molecule has 2 aromatic carbocycles. The molecule has 0 amide bonds. The summed E-state index contributed by atoms with van der Waals surface area (Å²) in [6, 6.07) is 12.4. The molecule has 92 valence electrons. The molecule has 3 N–H and O–H groups in total. The zero-order chi connectivity index (χ0) is 13.1. The van der Waals surface area contributed by atoms with Crippen molar-refractivity contribution >= 4 is 33.4 Å². The first kappa shape index (κ1) is 12.9. The Morgan fingerprint density at radius 2 is 2.00 bits per heavy atom. The molecule has 0 radical (unpaired) electrons. The largest absolute Gasteiger partial charge is 0.457 e. The lowest BCUT2D eigenvalue weighted by atomic mass is 10.2. The van der Waals surface area contributed by atoms with Crippen molar-refractivity contribution in [2.45, 2.75) is 0 Å². The summed E-state index contributed by atoms with van der Waals surface area (Å²) in [5, 5.41) is 8.03. The third-order valence-corrected chi connectivity index (χ3v) is 2.99. The lowest BCUT2D eigenvalue weighted by Crippen LogP contribution is -2.12. The second-order valence-electron chi connectivity index (χ2n) is 3.61. The van der Waals surface area contributed by atoms with E-state index >= 15 is 0 Å². The van der Waals surface area contributed by atoms with Crippen LogP contribution in [0.5, 0.6) is 11.5 Å². The van der Waals surface area contributed by atoms with Gasteiger partial charge < -0.3 is 10.5 Å². The lowest BCUT2D eigenvalue weighted by Gasteiger charge is -2.10. The Hall–Kier alpha value is -1.52. The highest BCUT2D eigenvalue weighted by atomic mass is 79.9. The standard InChI is InChI=1S/C13H10BrClN2O/c14-8-2-1-3-10(6-8)18-12-7-9(15)4-5-11(12)13(16)17/h1-7H,(H3,16,17). The highest BCUT2D eigenvalue weighted by Crippen LogP contribution is 2.29. The molecule has 0 saturated carbocycles. The highest BCUT2D eigenvalue weighted by molar-refractivity contribution is 9.10. The number of nitrogen functional groups attached to an aromatic ring is 1. The number of hydrogen-bond donors (Lipinski definition) is 2. The van der Waals surface area contributed by atoms with Crippen LogP contribution in [0.25, 0.3) is 0 Å².